The van der Waals surface area contributed by atoms with E-state index in [0.29, 0.717) is 30.3 Å². The van der Waals surface area contributed by atoms with Gasteiger partial charge in [0.25, 0.3) is 5.91 Å². The Morgan fingerprint density at radius 1 is 1.04 bits per heavy atom. The largest absolute Gasteiger partial charge is 0.493 e. The molecule has 1 heterocycles. The van der Waals surface area contributed by atoms with Crippen molar-refractivity contribution in [3.05, 3.63) is 59.7 Å². The number of rotatable bonds is 7. The quantitative estimate of drug-likeness (QED) is 0.782. The van der Waals surface area contributed by atoms with E-state index in [9.17, 15) is 13.6 Å². The molecule has 148 valence electrons. The van der Waals surface area contributed by atoms with Gasteiger partial charge in [-0.1, -0.05) is 0 Å². The van der Waals surface area contributed by atoms with E-state index >= 15 is 0 Å². The van der Waals surface area contributed by atoms with Crippen molar-refractivity contribution in [2.45, 2.75) is 19.3 Å². The summed E-state index contributed by atoms with van der Waals surface area (Å²) in [5.41, 5.74) is 1.28. The number of halogens is 2. The Hall–Kier alpha value is -2.63. The van der Waals surface area contributed by atoms with Gasteiger partial charge in [-0.05, 0) is 67.5 Å². The highest BCUT2D eigenvalue weighted by atomic mass is 19.2. The predicted octanol–water partition coefficient (Wildman–Crippen LogP) is 4.01. The molecule has 2 aromatic carbocycles. The Kier molecular flexibility index (Phi) is 5.46. The van der Waals surface area contributed by atoms with E-state index in [1.165, 1.54) is 18.9 Å². The van der Waals surface area contributed by atoms with Crippen LogP contribution in [0.2, 0.25) is 0 Å². The summed E-state index contributed by atoms with van der Waals surface area (Å²) in [5.74, 6) is -0.0190. The summed E-state index contributed by atoms with van der Waals surface area (Å²) in [6.07, 6.45) is 3.39. The molecule has 6 heteroatoms. The van der Waals surface area contributed by atoms with E-state index in [2.05, 4.69) is 5.32 Å². The second kappa shape index (κ2) is 8.17. The van der Waals surface area contributed by atoms with Crippen molar-refractivity contribution in [1.29, 1.82) is 0 Å². The molecule has 4 rings (SSSR count). The fourth-order valence-corrected chi connectivity index (χ4v) is 3.46. The Morgan fingerprint density at radius 3 is 2.54 bits per heavy atom. The number of anilines is 1. The van der Waals surface area contributed by atoms with E-state index in [1.807, 2.05) is 17.0 Å². The number of ether oxygens (including phenoxy) is 1. The highest BCUT2D eigenvalue weighted by Gasteiger charge is 2.24. The van der Waals surface area contributed by atoms with Crippen molar-refractivity contribution < 1.29 is 18.3 Å². The lowest BCUT2D eigenvalue weighted by molar-refractivity contribution is 0.0948. The molecule has 0 bridgehead atoms. The Bertz CT molecular complexity index is 837. The SMILES string of the molecule is O=C(NCC1CCN(c2ccc(F)c(F)c2)C1)c1ccc(OCC2CC2)cc1. The molecular weight excluding hydrogens is 362 g/mol. The van der Waals surface area contributed by atoms with E-state index in [4.69, 9.17) is 4.74 Å². The van der Waals surface area contributed by atoms with Gasteiger partial charge in [-0.25, -0.2) is 8.78 Å². The van der Waals surface area contributed by atoms with Gasteiger partial charge >= 0.3 is 0 Å². The van der Waals surface area contributed by atoms with Crippen LogP contribution >= 0.6 is 0 Å². The van der Waals surface area contributed by atoms with Crippen LogP contribution in [-0.4, -0.2) is 32.1 Å². The van der Waals surface area contributed by atoms with Crippen molar-refractivity contribution in [2.75, 3.05) is 31.1 Å². The van der Waals surface area contributed by atoms with Gasteiger partial charge in [0.15, 0.2) is 11.6 Å². The number of nitrogens with one attached hydrogen (secondary N) is 1. The predicted molar refractivity (Wildman–Crippen MR) is 104 cm³/mol. The summed E-state index contributed by atoms with van der Waals surface area (Å²) in [5, 5.41) is 2.97. The summed E-state index contributed by atoms with van der Waals surface area (Å²) in [6.45, 7) is 2.78. The molecule has 1 amide bonds. The third-order valence-corrected chi connectivity index (χ3v) is 5.40. The van der Waals surface area contributed by atoms with Crippen LogP contribution in [-0.2, 0) is 0 Å². The maximum Gasteiger partial charge on any atom is 0.251 e. The summed E-state index contributed by atoms with van der Waals surface area (Å²) in [7, 11) is 0. The van der Waals surface area contributed by atoms with Crippen molar-refractivity contribution in [3.8, 4) is 5.75 Å². The van der Waals surface area contributed by atoms with Crippen LogP contribution in [0.3, 0.4) is 0 Å². The molecule has 1 aliphatic heterocycles. The molecule has 2 aromatic rings. The molecular formula is C22H24F2N2O2. The van der Waals surface area contributed by atoms with E-state index in [1.54, 1.807) is 18.2 Å². The van der Waals surface area contributed by atoms with E-state index in [-0.39, 0.29) is 11.8 Å². The molecule has 2 fully saturated rings. The second-order valence-electron chi connectivity index (χ2n) is 7.69. The zero-order valence-corrected chi connectivity index (χ0v) is 15.7. The van der Waals surface area contributed by atoms with Gasteiger partial charge in [0.2, 0.25) is 0 Å². The highest BCUT2D eigenvalue weighted by Crippen LogP contribution is 2.29. The van der Waals surface area contributed by atoms with Gasteiger partial charge in [0, 0.05) is 37.0 Å². The van der Waals surface area contributed by atoms with Crippen LogP contribution in [0.25, 0.3) is 0 Å². The fourth-order valence-electron chi connectivity index (χ4n) is 3.46. The van der Waals surface area contributed by atoms with E-state index in [0.717, 1.165) is 31.4 Å². The minimum atomic E-state index is -0.837. The van der Waals surface area contributed by atoms with Gasteiger partial charge in [0.1, 0.15) is 5.75 Å². The molecule has 2 aliphatic rings. The topological polar surface area (TPSA) is 41.6 Å². The molecule has 1 N–H and O–H groups in total. The zero-order chi connectivity index (χ0) is 19.5. The molecule has 1 atom stereocenters. The van der Waals surface area contributed by atoms with Gasteiger partial charge in [-0.15, -0.1) is 0 Å². The van der Waals surface area contributed by atoms with Crippen molar-refractivity contribution in [2.24, 2.45) is 11.8 Å². The molecule has 0 aromatic heterocycles. The zero-order valence-electron chi connectivity index (χ0n) is 15.7. The summed E-state index contributed by atoms with van der Waals surface area (Å²) in [6, 6.07) is 11.2. The smallest absolute Gasteiger partial charge is 0.251 e. The number of hydrogen-bond acceptors (Lipinski definition) is 3. The molecule has 0 radical (unpaired) electrons. The first-order valence-corrected chi connectivity index (χ1v) is 9.79. The normalized spacial score (nSPS) is 18.9. The van der Waals surface area contributed by atoms with Crippen LogP contribution < -0.4 is 15.0 Å². The minimum Gasteiger partial charge on any atom is -0.493 e. The first kappa shape index (κ1) is 18.7. The van der Waals surface area contributed by atoms with E-state index < -0.39 is 11.6 Å². The Balaban J connectivity index is 1.25. The Labute approximate surface area is 163 Å². The monoisotopic (exact) mass is 386 g/mol. The number of nitrogens with zero attached hydrogens (tertiary/aromatic N) is 1. The average Bonchev–Trinajstić information content (AvgIpc) is 3.42. The summed E-state index contributed by atoms with van der Waals surface area (Å²) < 4.78 is 32.2. The van der Waals surface area contributed by atoms with Crippen molar-refractivity contribution >= 4 is 11.6 Å². The number of hydrogen-bond donors (Lipinski definition) is 1. The highest BCUT2D eigenvalue weighted by molar-refractivity contribution is 5.94. The number of carbonyl (C=O) groups is 1. The first-order valence-electron chi connectivity index (χ1n) is 9.79. The van der Waals surface area contributed by atoms with Gasteiger partial charge in [-0.3, -0.25) is 4.79 Å². The molecule has 1 saturated heterocycles. The number of amides is 1. The second-order valence-corrected chi connectivity index (χ2v) is 7.69. The third-order valence-electron chi connectivity index (χ3n) is 5.40. The molecule has 0 spiro atoms. The first-order chi connectivity index (χ1) is 13.6. The van der Waals surface area contributed by atoms with Crippen molar-refractivity contribution in [3.63, 3.8) is 0 Å². The fraction of sp³-hybridized carbons (Fsp3) is 0.409. The molecule has 1 saturated carbocycles. The average molecular weight is 386 g/mol. The molecule has 1 aliphatic carbocycles. The number of carbonyl (C=O) groups excluding carboxylic acids is 1. The summed E-state index contributed by atoms with van der Waals surface area (Å²) >= 11 is 0. The van der Waals surface area contributed by atoms with Crippen LogP contribution in [0.1, 0.15) is 29.6 Å². The van der Waals surface area contributed by atoms with Crippen LogP contribution in [0.4, 0.5) is 14.5 Å². The molecule has 1 unspecified atom stereocenters. The standard InChI is InChI=1S/C22H24F2N2O2/c23-20-8-5-18(11-21(20)24)26-10-9-16(13-26)12-25-22(27)17-3-6-19(7-4-17)28-14-15-1-2-15/h3-8,11,15-16H,1-2,9-10,12-14H2,(H,25,27). The lowest BCUT2D eigenvalue weighted by Gasteiger charge is -2.19. The third kappa shape index (κ3) is 4.61. The minimum absolute atomic E-state index is 0.111. The van der Waals surface area contributed by atoms with Gasteiger partial charge in [-0.2, -0.15) is 0 Å². The van der Waals surface area contributed by atoms with Crippen LogP contribution in [0.5, 0.6) is 5.75 Å². The van der Waals surface area contributed by atoms with Gasteiger partial charge in [0.05, 0.1) is 6.61 Å². The van der Waals surface area contributed by atoms with Gasteiger partial charge < -0.3 is 15.0 Å². The van der Waals surface area contributed by atoms with Crippen LogP contribution in [0, 0.1) is 23.5 Å². The lowest BCUT2D eigenvalue weighted by Crippen LogP contribution is -2.31. The van der Waals surface area contributed by atoms with Crippen LogP contribution in [0.15, 0.2) is 42.5 Å². The Morgan fingerprint density at radius 2 is 1.82 bits per heavy atom. The van der Waals surface area contributed by atoms with Crippen molar-refractivity contribution in [1.82, 2.24) is 5.32 Å². The summed E-state index contributed by atoms with van der Waals surface area (Å²) in [4.78, 5) is 14.4. The maximum absolute atomic E-state index is 13.4. The molecule has 4 nitrogen and oxygen atoms in total. The maximum atomic E-state index is 13.4. The number of benzene rings is 2. The molecule has 28 heavy (non-hydrogen) atoms. The lowest BCUT2D eigenvalue weighted by atomic mass is 10.1.